The molecule has 0 unspecified atom stereocenters. The van der Waals surface area contributed by atoms with Gasteiger partial charge < -0.3 is 15.4 Å². The van der Waals surface area contributed by atoms with Gasteiger partial charge in [-0.25, -0.2) is 4.98 Å². The molecular formula is C15H18ClF2N3O2S. The molecule has 2 aromatic rings. The van der Waals surface area contributed by atoms with Gasteiger partial charge >= 0.3 is 6.61 Å². The van der Waals surface area contributed by atoms with Gasteiger partial charge in [-0.3, -0.25) is 4.79 Å². The molecule has 0 saturated carbocycles. The lowest BCUT2D eigenvalue weighted by Crippen LogP contribution is -2.18. The molecule has 9 heteroatoms. The van der Waals surface area contributed by atoms with Crippen LogP contribution in [-0.2, 0) is 4.79 Å². The fourth-order valence-electron chi connectivity index (χ4n) is 1.93. The molecule has 0 bridgehead atoms. The van der Waals surface area contributed by atoms with Crippen LogP contribution in [0, 0.1) is 6.92 Å². The van der Waals surface area contributed by atoms with E-state index in [0.29, 0.717) is 23.8 Å². The molecule has 1 aromatic heterocycles. The monoisotopic (exact) mass is 377 g/mol. The average Bonchev–Trinajstić information content (AvgIpc) is 2.86. The van der Waals surface area contributed by atoms with Crippen molar-refractivity contribution in [3.05, 3.63) is 29.1 Å². The van der Waals surface area contributed by atoms with Crippen LogP contribution < -0.4 is 15.4 Å². The van der Waals surface area contributed by atoms with Crippen LogP contribution >= 0.6 is 23.7 Å². The molecule has 5 nitrogen and oxygen atoms in total. The molecule has 0 atom stereocenters. The Morgan fingerprint density at radius 3 is 2.58 bits per heavy atom. The van der Waals surface area contributed by atoms with E-state index in [4.69, 9.17) is 0 Å². The predicted molar refractivity (Wildman–Crippen MR) is 93.3 cm³/mol. The molecule has 0 radical (unpaired) electrons. The summed E-state index contributed by atoms with van der Waals surface area (Å²) < 4.78 is 28.6. The lowest BCUT2D eigenvalue weighted by atomic mass is 10.1. The number of amides is 1. The fraction of sp³-hybridized carbons (Fsp3) is 0.333. The summed E-state index contributed by atoms with van der Waals surface area (Å²) in [4.78, 5) is 17.0. The predicted octanol–water partition coefficient (Wildman–Crippen LogP) is 3.69. The third kappa shape index (κ3) is 5.70. The molecule has 0 aliphatic carbocycles. The summed E-state index contributed by atoms with van der Waals surface area (Å²) in [5, 5.41) is 6.17. The summed E-state index contributed by atoms with van der Waals surface area (Å²) in [6.45, 7) is -0.365. The van der Waals surface area contributed by atoms with Gasteiger partial charge in [0.05, 0.1) is 5.69 Å². The number of rotatable bonds is 7. The zero-order valence-electron chi connectivity index (χ0n) is 13.1. The minimum absolute atomic E-state index is 0. The van der Waals surface area contributed by atoms with Gasteiger partial charge in [0.25, 0.3) is 0 Å². The van der Waals surface area contributed by atoms with E-state index in [1.165, 1.54) is 23.5 Å². The summed E-state index contributed by atoms with van der Waals surface area (Å²) in [6, 6.07) is 6.25. The van der Waals surface area contributed by atoms with E-state index in [0.717, 1.165) is 10.4 Å². The first-order valence-corrected chi connectivity index (χ1v) is 7.78. The summed E-state index contributed by atoms with van der Waals surface area (Å²) in [5.41, 5.74) is 1.48. The van der Waals surface area contributed by atoms with Crippen LogP contribution in [0.2, 0.25) is 0 Å². The quantitative estimate of drug-likeness (QED) is 0.772. The molecule has 0 aliphatic heterocycles. The maximum absolute atomic E-state index is 12.1. The first kappa shape index (κ1) is 20.3. The van der Waals surface area contributed by atoms with Gasteiger partial charge in [-0.15, -0.1) is 23.7 Å². The molecule has 1 amide bonds. The van der Waals surface area contributed by atoms with Crippen LogP contribution in [-0.4, -0.2) is 31.1 Å². The second kappa shape index (κ2) is 9.51. The third-order valence-electron chi connectivity index (χ3n) is 3.00. The van der Waals surface area contributed by atoms with Gasteiger partial charge in [0.15, 0.2) is 5.13 Å². The van der Waals surface area contributed by atoms with Crippen molar-refractivity contribution in [3.63, 3.8) is 0 Å². The second-order valence-electron chi connectivity index (χ2n) is 4.73. The number of nitrogens with zero attached hydrogens (tertiary/aromatic N) is 1. The van der Waals surface area contributed by atoms with Crippen molar-refractivity contribution >= 4 is 34.8 Å². The molecule has 1 aromatic carbocycles. The normalized spacial score (nSPS) is 10.4. The summed E-state index contributed by atoms with van der Waals surface area (Å²) in [5.74, 6) is -0.0162. The van der Waals surface area contributed by atoms with Crippen molar-refractivity contribution in [3.8, 4) is 17.0 Å². The molecule has 1 heterocycles. The second-order valence-corrected chi connectivity index (χ2v) is 5.93. The summed E-state index contributed by atoms with van der Waals surface area (Å²) in [7, 11) is 1.78. The zero-order valence-corrected chi connectivity index (χ0v) is 14.8. The molecule has 0 saturated heterocycles. The van der Waals surface area contributed by atoms with E-state index in [9.17, 15) is 13.6 Å². The van der Waals surface area contributed by atoms with Crippen molar-refractivity contribution in [2.24, 2.45) is 0 Å². The van der Waals surface area contributed by atoms with Gasteiger partial charge in [-0.1, -0.05) is 0 Å². The number of benzene rings is 1. The van der Waals surface area contributed by atoms with Gasteiger partial charge in [0.1, 0.15) is 5.75 Å². The number of halogens is 3. The number of ether oxygens (including phenoxy) is 1. The maximum Gasteiger partial charge on any atom is 0.387 e. The standard InChI is InChI=1S/C15H17F2N3O2S.ClH/c1-9-13(10-3-5-11(6-4-10)22-14(16)17)20-15(23-9)19-12(21)7-8-18-2;/h3-6,14,18H,7-8H2,1-2H3,(H,19,20,21);1H. The molecule has 0 aliphatic rings. The van der Waals surface area contributed by atoms with Gasteiger partial charge in [0, 0.05) is 23.4 Å². The SMILES string of the molecule is CNCCC(=O)Nc1nc(-c2ccc(OC(F)F)cc2)c(C)s1.Cl. The van der Waals surface area contributed by atoms with E-state index in [2.05, 4.69) is 20.4 Å². The topological polar surface area (TPSA) is 63.2 Å². The van der Waals surface area contributed by atoms with Crippen LogP contribution in [0.5, 0.6) is 5.75 Å². The van der Waals surface area contributed by atoms with E-state index in [1.807, 2.05) is 6.92 Å². The smallest absolute Gasteiger partial charge is 0.387 e. The van der Waals surface area contributed by atoms with Crippen molar-refractivity contribution in [2.45, 2.75) is 20.0 Å². The Kier molecular flexibility index (Phi) is 8.03. The number of anilines is 1. The number of nitrogens with one attached hydrogen (secondary N) is 2. The highest BCUT2D eigenvalue weighted by molar-refractivity contribution is 7.16. The number of thiazole rings is 1. The minimum Gasteiger partial charge on any atom is -0.435 e. The molecule has 24 heavy (non-hydrogen) atoms. The minimum atomic E-state index is -2.85. The Balaban J connectivity index is 0.00000288. The first-order chi connectivity index (χ1) is 11.0. The fourth-order valence-corrected chi connectivity index (χ4v) is 2.78. The van der Waals surface area contributed by atoms with Crippen LogP contribution in [0.15, 0.2) is 24.3 Å². The molecule has 0 spiro atoms. The number of alkyl halides is 2. The van der Waals surface area contributed by atoms with Crippen LogP contribution in [0.25, 0.3) is 11.3 Å². The van der Waals surface area contributed by atoms with Gasteiger partial charge in [-0.2, -0.15) is 8.78 Å². The molecule has 2 rings (SSSR count). The lowest BCUT2D eigenvalue weighted by Gasteiger charge is -2.05. The highest BCUT2D eigenvalue weighted by Gasteiger charge is 2.12. The summed E-state index contributed by atoms with van der Waals surface area (Å²) >= 11 is 1.37. The highest BCUT2D eigenvalue weighted by atomic mass is 35.5. The Labute approximate surface area is 148 Å². The van der Waals surface area contributed by atoms with E-state index in [-0.39, 0.29) is 24.1 Å². The Morgan fingerprint density at radius 1 is 1.33 bits per heavy atom. The van der Waals surface area contributed by atoms with Crippen molar-refractivity contribution in [1.29, 1.82) is 0 Å². The number of aryl methyl sites for hydroxylation is 1. The average molecular weight is 378 g/mol. The van der Waals surface area contributed by atoms with Gasteiger partial charge in [-0.05, 0) is 38.2 Å². The molecule has 132 valence electrons. The highest BCUT2D eigenvalue weighted by Crippen LogP contribution is 2.31. The van der Waals surface area contributed by atoms with Crippen LogP contribution in [0.3, 0.4) is 0 Å². The van der Waals surface area contributed by atoms with Gasteiger partial charge in [0.2, 0.25) is 5.91 Å². The van der Waals surface area contributed by atoms with Crippen LogP contribution in [0.4, 0.5) is 13.9 Å². The molecule has 2 N–H and O–H groups in total. The van der Waals surface area contributed by atoms with Crippen molar-refractivity contribution < 1.29 is 18.3 Å². The summed E-state index contributed by atoms with van der Waals surface area (Å²) in [6.07, 6.45) is 0.365. The number of carbonyl (C=O) groups is 1. The first-order valence-electron chi connectivity index (χ1n) is 6.96. The third-order valence-corrected chi connectivity index (χ3v) is 3.88. The van der Waals surface area contributed by atoms with E-state index < -0.39 is 6.61 Å². The lowest BCUT2D eigenvalue weighted by molar-refractivity contribution is -0.116. The number of hydrogen-bond donors (Lipinski definition) is 2. The maximum atomic E-state index is 12.1. The zero-order chi connectivity index (χ0) is 16.8. The largest absolute Gasteiger partial charge is 0.435 e. The number of carbonyl (C=O) groups excluding carboxylic acids is 1. The molecule has 0 fully saturated rings. The Morgan fingerprint density at radius 2 is 2.00 bits per heavy atom. The molecular weight excluding hydrogens is 360 g/mol. The van der Waals surface area contributed by atoms with E-state index >= 15 is 0 Å². The van der Waals surface area contributed by atoms with Crippen molar-refractivity contribution in [1.82, 2.24) is 10.3 Å². The Bertz CT molecular complexity index is 665. The van der Waals surface area contributed by atoms with Crippen molar-refractivity contribution in [2.75, 3.05) is 18.9 Å². The Hall–Kier alpha value is -1.77. The van der Waals surface area contributed by atoms with E-state index in [1.54, 1.807) is 19.2 Å². The number of aromatic nitrogens is 1. The number of hydrogen-bond acceptors (Lipinski definition) is 5. The van der Waals surface area contributed by atoms with Crippen LogP contribution in [0.1, 0.15) is 11.3 Å².